The van der Waals surface area contributed by atoms with E-state index in [-0.39, 0.29) is 42.5 Å². The summed E-state index contributed by atoms with van der Waals surface area (Å²) in [4.78, 5) is 27.7. The van der Waals surface area contributed by atoms with Crippen molar-refractivity contribution in [3.63, 3.8) is 0 Å². The highest BCUT2D eigenvalue weighted by Crippen LogP contribution is 2.47. The molecule has 0 radical (unpaired) electrons. The Kier molecular flexibility index (Phi) is 11.3. The molecule has 1 aliphatic heterocycles. The lowest BCUT2D eigenvalue weighted by molar-refractivity contribution is -0.161. The van der Waals surface area contributed by atoms with Gasteiger partial charge in [-0.3, -0.25) is 8.98 Å². The third-order valence-corrected chi connectivity index (χ3v) is 8.64. The molecule has 0 bridgehead atoms. The van der Waals surface area contributed by atoms with E-state index in [1.165, 1.54) is 45.2 Å². The predicted molar refractivity (Wildman–Crippen MR) is 165 cm³/mol. The van der Waals surface area contributed by atoms with Crippen molar-refractivity contribution >= 4 is 33.2 Å². The summed E-state index contributed by atoms with van der Waals surface area (Å²) in [7, 11) is -3.03. The number of para-hydroxylation sites is 1. The normalized spacial score (nSPS) is 22.2. The standard InChI is InChI=1S/C23H28N6O8S.C6H15N/c1-23(2)36-18-13(8-15(19(18)37-23)29-11-27-17-20(24)25-10-26-21(17)29)9-35-38(31,32)28-22(30)14-6-4-5-7-16(14)34-12-33-3;1-4-7(5-2)6-3/h4-7,10-11,13,15,18-19H,8-9,12H2,1-3H3,(H,28,30)(H2,24,25,26);4-6H2,1-3H3/t13-,15-,18-,19+;/m1./s1. The predicted octanol–water partition coefficient (Wildman–Crippen LogP) is 2.51. The summed E-state index contributed by atoms with van der Waals surface area (Å²) >= 11 is 0. The van der Waals surface area contributed by atoms with Crippen molar-refractivity contribution in [2.75, 3.05) is 45.9 Å². The van der Waals surface area contributed by atoms with Gasteiger partial charge in [-0.25, -0.2) is 19.7 Å². The molecular formula is C29H43N7O8S. The third-order valence-electron chi connectivity index (χ3n) is 7.76. The lowest BCUT2D eigenvalue weighted by Gasteiger charge is -2.24. The zero-order valence-corrected chi connectivity index (χ0v) is 27.3. The Morgan fingerprint density at radius 2 is 1.80 bits per heavy atom. The molecule has 0 spiro atoms. The minimum atomic E-state index is -4.46. The maximum absolute atomic E-state index is 12.7. The third kappa shape index (κ3) is 8.25. The number of fused-ring (bicyclic) bond motifs is 2. The molecule has 45 heavy (non-hydrogen) atoms. The molecule has 2 aromatic heterocycles. The Hall–Kier alpha value is -3.41. The summed E-state index contributed by atoms with van der Waals surface area (Å²) in [6.45, 7) is 13.3. The van der Waals surface area contributed by atoms with Gasteiger partial charge in [-0.15, -0.1) is 0 Å². The molecule has 3 N–H and O–H groups in total. The Morgan fingerprint density at radius 3 is 2.47 bits per heavy atom. The van der Waals surface area contributed by atoms with Crippen LogP contribution in [0.1, 0.15) is 57.4 Å². The van der Waals surface area contributed by atoms with E-state index in [4.69, 9.17) is 28.9 Å². The molecule has 1 aromatic carbocycles. The number of benzene rings is 1. The average molecular weight is 650 g/mol. The molecule has 3 heterocycles. The molecule has 5 rings (SSSR count). The first-order chi connectivity index (χ1) is 21.4. The highest BCUT2D eigenvalue weighted by molar-refractivity contribution is 7.85. The molecule has 2 aliphatic rings. The first kappa shape index (κ1) is 34.5. The number of nitrogens with two attached hydrogens (primary N) is 1. The molecule has 3 aromatic rings. The summed E-state index contributed by atoms with van der Waals surface area (Å²) in [5.41, 5.74) is 6.94. The van der Waals surface area contributed by atoms with Crippen LogP contribution < -0.4 is 15.2 Å². The van der Waals surface area contributed by atoms with Crippen molar-refractivity contribution in [3.8, 4) is 5.75 Å². The number of rotatable bonds is 12. The fourth-order valence-electron chi connectivity index (χ4n) is 5.55. The fraction of sp³-hybridized carbons (Fsp3) is 0.586. The highest BCUT2D eigenvalue weighted by atomic mass is 32.2. The smallest absolute Gasteiger partial charge is 0.362 e. The summed E-state index contributed by atoms with van der Waals surface area (Å²) in [6, 6.07) is 5.90. The van der Waals surface area contributed by atoms with Gasteiger partial charge < -0.3 is 34.1 Å². The number of ether oxygens (including phenoxy) is 4. The SMILES string of the molecule is CCN(CC)CC.COCOc1ccccc1C(=O)NS(=O)(=O)OC[C@H]1C[C@@H](n2cnc3c(N)ncnc32)[C@@H]2OC(C)(C)O[C@H]12. The van der Waals surface area contributed by atoms with Crippen LogP contribution in [-0.2, 0) is 28.7 Å². The van der Waals surface area contributed by atoms with Crippen LogP contribution in [-0.4, -0.2) is 96.9 Å². The molecular weight excluding hydrogens is 606 g/mol. The van der Waals surface area contributed by atoms with Gasteiger partial charge in [0.15, 0.2) is 24.0 Å². The van der Waals surface area contributed by atoms with E-state index in [0.29, 0.717) is 17.6 Å². The van der Waals surface area contributed by atoms with Crippen LogP contribution in [0, 0.1) is 5.92 Å². The van der Waals surface area contributed by atoms with Gasteiger partial charge in [0.2, 0.25) is 0 Å². The van der Waals surface area contributed by atoms with Crippen molar-refractivity contribution in [3.05, 3.63) is 42.5 Å². The Labute approximate surface area is 263 Å². The number of imidazole rings is 1. The molecule has 4 atom stereocenters. The molecule has 15 nitrogen and oxygen atoms in total. The molecule has 0 unspecified atom stereocenters. The van der Waals surface area contributed by atoms with Crippen LogP contribution in [0.2, 0.25) is 0 Å². The Bertz CT molecular complexity index is 1540. The van der Waals surface area contributed by atoms with E-state index in [1.807, 2.05) is 9.29 Å². The number of amides is 1. The lowest BCUT2D eigenvalue weighted by Crippen LogP contribution is -2.35. The zero-order valence-electron chi connectivity index (χ0n) is 26.5. The summed E-state index contributed by atoms with van der Waals surface area (Å²) < 4.78 is 56.9. The number of hydrogen-bond donors (Lipinski definition) is 2. The van der Waals surface area contributed by atoms with Gasteiger partial charge in [-0.05, 0) is 52.0 Å². The fourth-order valence-corrected chi connectivity index (χ4v) is 6.30. The van der Waals surface area contributed by atoms with Gasteiger partial charge in [-0.1, -0.05) is 32.9 Å². The topological polar surface area (TPSA) is 182 Å². The highest BCUT2D eigenvalue weighted by Gasteiger charge is 2.55. The van der Waals surface area contributed by atoms with Crippen LogP contribution in [0.15, 0.2) is 36.9 Å². The van der Waals surface area contributed by atoms with Crippen LogP contribution in [0.25, 0.3) is 11.2 Å². The monoisotopic (exact) mass is 649 g/mol. The number of aromatic nitrogens is 4. The van der Waals surface area contributed by atoms with Crippen LogP contribution in [0.3, 0.4) is 0 Å². The second-order valence-electron chi connectivity index (χ2n) is 11.0. The van der Waals surface area contributed by atoms with Gasteiger partial charge in [-0.2, -0.15) is 8.42 Å². The van der Waals surface area contributed by atoms with Gasteiger partial charge in [0.05, 0.1) is 30.6 Å². The van der Waals surface area contributed by atoms with Crippen LogP contribution in [0.5, 0.6) is 5.75 Å². The number of hydrogen-bond acceptors (Lipinski definition) is 13. The molecule has 1 amide bonds. The number of anilines is 1. The summed E-state index contributed by atoms with van der Waals surface area (Å²) in [5.74, 6) is -1.76. The summed E-state index contributed by atoms with van der Waals surface area (Å²) in [6.07, 6.45) is 2.51. The molecule has 1 saturated carbocycles. The maximum atomic E-state index is 12.7. The number of nitrogens with zero attached hydrogens (tertiary/aromatic N) is 5. The zero-order chi connectivity index (χ0) is 32.8. The van der Waals surface area contributed by atoms with Gasteiger partial charge in [0.1, 0.15) is 23.7 Å². The van der Waals surface area contributed by atoms with E-state index < -0.39 is 34.2 Å². The maximum Gasteiger partial charge on any atom is 0.362 e. The second kappa shape index (κ2) is 14.8. The van der Waals surface area contributed by atoms with Crippen molar-refractivity contribution in [2.45, 2.75) is 65.1 Å². The minimum Gasteiger partial charge on any atom is -0.467 e. The van der Waals surface area contributed by atoms with E-state index in [2.05, 4.69) is 40.6 Å². The summed E-state index contributed by atoms with van der Waals surface area (Å²) in [5, 5.41) is 0. The average Bonchev–Trinajstić information content (AvgIpc) is 3.67. The van der Waals surface area contributed by atoms with Crippen molar-refractivity contribution in [1.82, 2.24) is 29.1 Å². The van der Waals surface area contributed by atoms with Gasteiger partial charge >= 0.3 is 10.3 Å². The van der Waals surface area contributed by atoms with E-state index in [9.17, 15) is 13.2 Å². The number of methoxy groups -OCH3 is 1. The lowest BCUT2D eigenvalue weighted by atomic mass is 10.1. The van der Waals surface area contributed by atoms with Crippen molar-refractivity contribution < 1.29 is 36.3 Å². The van der Waals surface area contributed by atoms with Gasteiger partial charge in [0.25, 0.3) is 5.91 Å². The Balaban J connectivity index is 0.000000591. The molecule has 2 fully saturated rings. The number of carbonyl (C=O) groups excluding carboxylic acids is 1. The number of carbonyl (C=O) groups is 1. The number of nitrogen functional groups attached to an aromatic ring is 1. The first-order valence-electron chi connectivity index (χ1n) is 14.9. The van der Waals surface area contributed by atoms with E-state index >= 15 is 0 Å². The second-order valence-corrected chi connectivity index (χ2v) is 12.4. The molecule has 16 heteroatoms. The molecule has 1 saturated heterocycles. The van der Waals surface area contributed by atoms with Crippen LogP contribution >= 0.6 is 0 Å². The number of nitrogens with one attached hydrogen (secondary N) is 1. The Morgan fingerprint density at radius 1 is 1.11 bits per heavy atom. The minimum absolute atomic E-state index is 0.0141. The van der Waals surface area contributed by atoms with Crippen molar-refractivity contribution in [2.24, 2.45) is 5.92 Å². The van der Waals surface area contributed by atoms with Gasteiger partial charge in [0, 0.05) is 13.0 Å². The van der Waals surface area contributed by atoms with Crippen LogP contribution in [0.4, 0.5) is 5.82 Å². The van der Waals surface area contributed by atoms with Crippen molar-refractivity contribution in [1.29, 1.82) is 0 Å². The largest absolute Gasteiger partial charge is 0.467 e. The first-order valence-corrected chi connectivity index (χ1v) is 16.3. The molecule has 1 aliphatic carbocycles. The van der Waals surface area contributed by atoms with E-state index in [0.717, 1.165) is 0 Å². The van der Waals surface area contributed by atoms with E-state index in [1.54, 1.807) is 32.3 Å². The quantitative estimate of drug-likeness (QED) is 0.273. The molecule has 248 valence electrons.